The third-order valence-electron chi connectivity index (χ3n) is 9.41. The molecule has 0 N–H and O–H groups in total. The lowest BCUT2D eigenvalue weighted by molar-refractivity contribution is 0.397. The van der Waals surface area contributed by atoms with E-state index >= 15 is 0 Å². The fraction of sp³-hybridized carbons (Fsp3) is 0.714. The van der Waals surface area contributed by atoms with Gasteiger partial charge in [0.2, 0.25) is 0 Å². The Kier molecular flexibility index (Phi) is 16.8. The highest BCUT2D eigenvalue weighted by Gasteiger charge is 2.39. The second kappa shape index (κ2) is 18.3. The van der Waals surface area contributed by atoms with Crippen LogP contribution in [0, 0.1) is 35.0 Å². The highest BCUT2D eigenvalue weighted by Crippen LogP contribution is 2.51. The van der Waals surface area contributed by atoms with E-state index in [-0.39, 0.29) is 5.41 Å². The van der Waals surface area contributed by atoms with Gasteiger partial charge in [-0.15, -0.1) is 0 Å². The summed E-state index contributed by atoms with van der Waals surface area (Å²) >= 11 is 0. The SMILES string of the molecule is CC(C)C1(C)CC1.CC(C)C1CC1.CC(C)CC1CC1.CC(C)c1ccc(C(C)(C)C)cc1.CC(C)c1ccccc1. The molecule has 0 atom stereocenters. The van der Waals surface area contributed by atoms with Crippen LogP contribution in [0.3, 0.4) is 0 Å². The van der Waals surface area contributed by atoms with Gasteiger partial charge in [-0.25, -0.2) is 0 Å². The molecule has 0 radical (unpaired) electrons. The molecule has 3 fully saturated rings. The maximum Gasteiger partial charge on any atom is -0.0132 e. The van der Waals surface area contributed by atoms with Gasteiger partial charge in [0.1, 0.15) is 0 Å². The Morgan fingerprint density at radius 1 is 0.643 bits per heavy atom. The Morgan fingerprint density at radius 2 is 1.10 bits per heavy atom. The van der Waals surface area contributed by atoms with E-state index in [1.165, 1.54) is 61.6 Å². The molecule has 0 aliphatic heterocycles. The smallest absolute Gasteiger partial charge is 0.0132 e. The van der Waals surface area contributed by atoms with E-state index < -0.39 is 0 Å². The summed E-state index contributed by atoms with van der Waals surface area (Å²) < 4.78 is 0. The molecular weight excluding hydrogens is 504 g/mol. The third kappa shape index (κ3) is 17.5. The minimum Gasteiger partial charge on any atom is -0.0628 e. The summed E-state index contributed by atoms with van der Waals surface area (Å²) in [5.41, 5.74) is 5.28. The molecule has 2 aromatic rings. The molecule has 0 heteroatoms. The Bertz CT molecular complexity index is 924. The summed E-state index contributed by atoms with van der Waals surface area (Å²) in [6.07, 6.45) is 10.4. The predicted octanol–water partition coefficient (Wildman–Crippen LogP) is 13.9. The summed E-state index contributed by atoms with van der Waals surface area (Å²) in [6, 6.07) is 19.5. The van der Waals surface area contributed by atoms with Gasteiger partial charge in [0.15, 0.2) is 0 Å². The first-order valence-electron chi connectivity index (χ1n) is 17.6. The first-order chi connectivity index (χ1) is 19.5. The molecule has 0 bridgehead atoms. The van der Waals surface area contributed by atoms with E-state index in [9.17, 15) is 0 Å². The molecule has 0 amide bonds. The van der Waals surface area contributed by atoms with Crippen molar-refractivity contribution in [3.8, 4) is 0 Å². The second-order valence-corrected chi connectivity index (χ2v) is 16.6. The van der Waals surface area contributed by atoms with Gasteiger partial charge in [0.05, 0.1) is 0 Å². The van der Waals surface area contributed by atoms with E-state index in [0.717, 1.165) is 35.0 Å². The lowest BCUT2D eigenvalue weighted by Gasteiger charge is -2.19. The zero-order valence-corrected chi connectivity index (χ0v) is 30.7. The van der Waals surface area contributed by atoms with Gasteiger partial charge in [0, 0.05) is 0 Å². The average Bonchev–Trinajstić information content (AvgIpc) is 3.76. The minimum absolute atomic E-state index is 0.273. The summed E-state index contributed by atoms with van der Waals surface area (Å²) in [4.78, 5) is 0. The van der Waals surface area contributed by atoms with Crippen LogP contribution in [-0.2, 0) is 5.41 Å². The molecule has 3 aliphatic rings. The van der Waals surface area contributed by atoms with Gasteiger partial charge < -0.3 is 0 Å². The highest BCUT2D eigenvalue weighted by molar-refractivity contribution is 5.28. The molecule has 0 aromatic heterocycles. The van der Waals surface area contributed by atoms with Crippen LogP contribution in [0.2, 0.25) is 0 Å². The Hall–Kier alpha value is -1.56. The predicted molar refractivity (Wildman–Crippen MR) is 192 cm³/mol. The minimum atomic E-state index is 0.273. The van der Waals surface area contributed by atoms with Crippen molar-refractivity contribution in [3.05, 3.63) is 71.3 Å². The largest absolute Gasteiger partial charge is 0.0628 e. The Morgan fingerprint density at radius 3 is 1.29 bits per heavy atom. The monoisotopic (exact) mass is 577 g/mol. The van der Waals surface area contributed by atoms with Crippen molar-refractivity contribution in [1.29, 1.82) is 0 Å². The van der Waals surface area contributed by atoms with Crippen molar-refractivity contribution < 1.29 is 0 Å². The summed E-state index contributed by atoms with van der Waals surface area (Å²) in [5.74, 6) is 6.33. The quantitative estimate of drug-likeness (QED) is 0.321. The van der Waals surface area contributed by atoms with Gasteiger partial charge in [-0.3, -0.25) is 0 Å². The van der Waals surface area contributed by atoms with Crippen LogP contribution in [-0.4, -0.2) is 0 Å². The van der Waals surface area contributed by atoms with E-state index in [2.05, 4.69) is 145 Å². The summed E-state index contributed by atoms with van der Waals surface area (Å²) in [5, 5.41) is 0. The number of rotatable bonds is 6. The maximum absolute atomic E-state index is 2.37. The van der Waals surface area contributed by atoms with Crippen LogP contribution in [0.1, 0.15) is 170 Å². The lowest BCUT2D eigenvalue weighted by atomic mass is 9.86. The van der Waals surface area contributed by atoms with E-state index in [0.29, 0.717) is 11.8 Å². The van der Waals surface area contributed by atoms with Crippen LogP contribution in [0.15, 0.2) is 54.6 Å². The Balaban J connectivity index is 0.000000270. The molecule has 3 aliphatic carbocycles. The number of benzene rings is 2. The molecule has 0 saturated heterocycles. The van der Waals surface area contributed by atoms with Crippen LogP contribution in [0.4, 0.5) is 0 Å². The van der Waals surface area contributed by atoms with Crippen molar-refractivity contribution in [2.45, 2.75) is 159 Å². The van der Waals surface area contributed by atoms with Crippen LogP contribution >= 0.6 is 0 Å². The van der Waals surface area contributed by atoms with E-state index in [1.807, 2.05) is 6.07 Å². The molecule has 0 unspecified atom stereocenters. The van der Waals surface area contributed by atoms with Crippen molar-refractivity contribution in [3.63, 3.8) is 0 Å². The molecule has 3 saturated carbocycles. The summed E-state index contributed by atoms with van der Waals surface area (Å²) in [6.45, 7) is 31.8. The molecular formula is C42H72. The topological polar surface area (TPSA) is 0 Å². The fourth-order valence-electron chi connectivity index (χ4n) is 4.76. The van der Waals surface area contributed by atoms with Crippen LogP contribution < -0.4 is 0 Å². The van der Waals surface area contributed by atoms with Crippen molar-refractivity contribution >= 4 is 0 Å². The molecule has 2 aromatic carbocycles. The van der Waals surface area contributed by atoms with E-state index in [4.69, 9.17) is 0 Å². The third-order valence-corrected chi connectivity index (χ3v) is 9.41. The number of hydrogen-bond donors (Lipinski definition) is 0. The summed E-state index contributed by atoms with van der Waals surface area (Å²) in [7, 11) is 0. The Labute approximate surface area is 264 Å². The van der Waals surface area contributed by atoms with Gasteiger partial charge in [0.25, 0.3) is 0 Å². The second-order valence-electron chi connectivity index (χ2n) is 16.6. The van der Waals surface area contributed by atoms with Crippen LogP contribution in [0.5, 0.6) is 0 Å². The van der Waals surface area contributed by atoms with Crippen molar-refractivity contribution in [2.24, 2.45) is 35.0 Å². The fourth-order valence-corrected chi connectivity index (χ4v) is 4.76. The standard InChI is InChI=1S/C13H20.C9H12.2C7H14.C6H12/c1-10(2)11-6-8-12(9-7-11)13(3,4)5;1-8(2)9-6-4-3-5-7-9;1-6(2)7(3)4-5-7;1-6(2)5-7-3-4-7;1-5(2)6-3-4-6/h6-10H,1-5H3;3-8H,1-2H3;6H,4-5H2,1-3H3;6-7H,3-5H2,1-2H3;5-6H,3-4H2,1-2H3. The van der Waals surface area contributed by atoms with Gasteiger partial charge in [-0.05, 0) is 101 Å². The molecule has 0 nitrogen and oxygen atoms in total. The van der Waals surface area contributed by atoms with Gasteiger partial charge in [-0.2, -0.15) is 0 Å². The van der Waals surface area contributed by atoms with Gasteiger partial charge >= 0.3 is 0 Å². The average molecular weight is 577 g/mol. The lowest BCUT2D eigenvalue weighted by Crippen LogP contribution is -2.10. The molecule has 5 rings (SSSR count). The van der Waals surface area contributed by atoms with Crippen molar-refractivity contribution in [2.75, 3.05) is 0 Å². The van der Waals surface area contributed by atoms with Crippen LogP contribution in [0.25, 0.3) is 0 Å². The van der Waals surface area contributed by atoms with Crippen molar-refractivity contribution in [1.82, 2.24) is 0 Å². The molecule has 240 valence electrons. The normalized spacial score (nSPS) is 16.9. The maximum atomic E-state index is 2.37. The molecule has 0 spiro atoms. The first kappa shape index (κ1) is 38.5. The number of hydrogen-bond acceptors (Lipinski definition) is 0. The zero-order chi connectivity index (χ0) is 32.1. The van der Waals surface area contributed by atoms with Gasteiger partial charge in [-0.1, -0.05) is 164 Å². The highest BCUT2D eigenvalue weighted by atomic mass is 14.4. The van der Waals surface area contributed by atoms with E-state index in [1.54, 1.807) is 0 Å². The molecule has 42 heavy (non-hydrogen) atoms. The zero-order valence-electron chi connectivity index (χ0n) is 30.7. The molecule has 0 heterocycles. The first-order valence-corrected chi connectivity index (χ1v) is 17.6.